The van der Waals surface area contributed by atoms with Crippen molar-refractivity contribution in [2.75, 3.05) is 0 Å². The molecule has 0 saturated heterocycles. The Bertz CT molecular complexity index is 600. The van der Waals surface area contributed by atoms with Gasteiger partial charge in [0.15, 0.2) is 0 Å². The molecule has 2 aromatic rings. The molecule has 0 amide bonds. The van der Waals surface area contributed by atoms with Crippen LogP contribution in [0.2, 0.25) is 5.02 Å². The first-order valence-electron chi connectivity index (χ1n) is 5.64. The van der Waals surface area contributed by atoms with Crippen LogP contribution in [0.5, 0.6) is 0 Å². The van der Waals surface area contributed by atoms with Crippen LogP contribution in [0, 0.1) is 0 Å². The molecule has 1 aromatic carbocycles. The number of nitrogens with zero attached hydrogens (tertiary/aromatic N) is 3. The molecule has 1 N–H and O–H groups in total. The van der Waals surface area contributed by atoms with Crippen molar-refractivity contribution in [3.63, 3.8) is 0 Å². The summed E-state index contributed by atoms with van der Waals surface area (Å²) < 4.78 is 1.81. The van der Waals surface area contributed by atoms with Gasteiger partial charge >= 0.3 is 5.97 Å². The molecule has 5 nitrogen and oxygen atoms in total. The maximum atomic E-state index is 11.0. The molecule has 19 heavy (non-hydrogen) atoms. The predicted octanol–water partition coefficient (Wildman–Crippen LogP) is 2.94. The summed E-state index contributed by atoms with van der Waals surface area (Å²) in [4.78, 5) is 16.0. The smallest absolute Gasteiger partial charge is 0.337 e. The molecule has 0 spiro atoms. The number of hydrogen-bond donors (Lipinski definition) is 1. The van der Waals surface area contributed by atoms with Gasteiger partial charge in [-0.2, -0.15) is 5.10 Å². The fourth-order valence-corrected chi connectivity index (χ4v) is 2.65. The van der Waals surface area contributed by atoms with Crippen LogP contribution < -0.4 is 0 Å². The third kappa shape index (κ3) is 3.27. The van der Waals surface area contributed by atoms with Gasteiger partial charge in [0.25, 0.3) is 0 Å². The Morgan fingerprint density at radius 1 is 1.53 bits per heavy atom. The number of aromatic nitrogens is 3. The summed E-state index contributed by atoms with van der Waals surface area (Å²) in [6.07, 6.45) is 1.52. The van der Waals surface area contributed by atoms with Crippen molar-refractivity contribution in [1.29, 1.82) is 0 Å². The minimum absolute atomic E-state index is 0.114. The standard InChI is InChI=1S/C12H12ClN3O2S/c1-2-16-11(14-7-15-16)6-19-8-3-4-10(13)9(5-8)12(17)18/h3-5,7H,2,6H2,1H3,(H,17,18). The van der Waals surface area contributed by atoms with Gasteiger partial charge in [0.2, 0.25) is 0 Å². The molecule has 100 valence electrons. The molecule has 0 fully saturated rings. The van der Waals surface area contributed by atoms with E-state index in [2.05, 4.69) is 10.1 Å². The fraction of sp³-hybridized carbons (Fsp3) is 0.250. The van der Waals surface area contributed by atoms with Gasteiger partial charge in [0.05, 0.1) is 16.3 Å². The molecule has 1 heterocycles. The van der Waals surface area contributed by atoms with E-state index in [9.17, 15) is 4.79 Å². The van der Waals surface area contributed by atoms with Crippen LogP contribution in [0.3, 0.4) is 0 Å². The predicted molar refractivity (Wildman–Crippen MR) is 73.7 cm³/mol. The molecule has 0 aliphatic rings. The summed E-state index contributed by atoms with van der Waals surface area (Å²) in [7, 11) is 0. The average molecular weight is 298 g/mol. The number of aromatic carboxylic acids is 1. The number of carboxylic acids is 1. The lowest BCUT2D eigenvalue weighted by molar-refractivity contribution is 0.0697. The highest BCUT2D eigenvalue weighted by Crippen LogP contribution is 2.26. The van der Waals surface area contributed by atoms with Crippen molar-refractivity contribution >= 4 is 29.3 Å². The molecule has 0 unspecified atom stereocenters. The van der Waals surface area contributed by atoms with Gasteiger partial charge in [0, 0.05) is 11.4 Å². The number of thioether (sulfide) groups is 1. The van der Waals surface area contributed by atoms with Crippen LogP contribution >= 0.6 is 23.4 Å². The maximum absolute atomic E-state index is 11.0. The number of rotatable bonds is 5. The summed E-state index contributed by atoms with van der Waals surface area (Å²) in [6.45, 7) is 2.75. The first kappa shape index (κ1) is 13.9. The zero-order valence-corrected chi connectivity index (χ0v) is 11.8. The number of hydrogen-bond acceptors (Lipinski definition) is 4. The molecule has 0 aliphatic carbocycles. The van der Waals surface area contributed by atoms with E-state index in [1.54, 1.807) is 22.9 Å². The number of halogens is 1. The Morgan fingerprint density at radius 3 is 3.00 bits per heavy atom. The first-order chi connectivity index (χ1) is 9.11. The highest BCUT2D eigenvalue weighted by Gasteiger charge is 2.10. The third-order valence-electron chi connectivity index (χ3n) is 2.53. The van der Waals surface area contributed by atoms with Crippen molar-refractivity contribution in [2.24, 2.45) is 0 Å². The molecule has 0 bridgehead atoms. The molecule has 1 aromatic heterocycles. The number of aryl methyl sites for hydroxylation is 1. The van der Waals surface area contributed by atoms with Crippen molar-refractivity contribution in [3.8, 4) is 0 Å². The van der Waals surface area contributed by atoms with Crippen molar-refractivity contribution in [1.82, 2.24) is 14.8 Å². The van der Waals surface area contributed by atoms with E-state index in [1.165, 1.54) is 18.1 Å². The average Bonchev–Trinajstić information content (AvgIpc) is 2.84. The van der Waals surface area contributed by atoms with Crippen molar-refractivity contribution in [2.45, 2.75) is 24.1 Å². The molecular formula is C12H12ClN3O2S. The van der Waals surface area contributed by atoms with Gasteiger partial charge in [-0.3, -0.25) is 0 Å². The Morgan fingerprint density at radius 2 is 2.32 bits per heavy atom. The van der Waals surface area contributed by atoms with Gasteiger partial charge in [-0.05, 0) is 25.1 Å². The number of carboxylic acid groups (broad SMARTS) is 1. The van der Waals surface area contributed by atoms with Gasteiger partial charge in [-0.15, -0.1) is 11.8 Å². The van der Waals surface area contributed by atoms with E-state index in [4.69, 9.17) is 16.7 Å². The largest absolute Gasteiger partial charge is 0.478 e. The van der Waals surface area contributed by atoms with E-state index >= 15 is 0 Å². The SMILES string of the molecule is CCn1ncnc1CSc1ccc(Cl)c(C(=O)O)c1. The van der Waals surface area contributed by atoms with Crippen LogP contribution in [-0.2, 0) is 12.3 Å². The minimum atomic E-state index is -1.02. The molecule has 0 aliphatic heterocycles. The summed E-state index contributed by atoms with van der Waals surface area (Å²) in [5.74, 6) is 0.470. The van der Waals surface area contributed by atoms with Crippen LogP contribution in [0.15, 0.2) is 29.4 Å². The minimum Gasteiger partial charge on any atom is -0.478 e. The molecule has 0 atom stereocenters. The monoisotopic (exact) mass is 297 g/mol. The van der Waals surface area contributed by atoms with Gasteiger partial charge < -0.3 is 5.11 Å². The molecular weight excluding hydrogens is 286 g/mol. The Hall–Kier alpha value is -1.53. The van der Waals surface area contributed by atoms with Crippen LogP contribution in [-0.4, -0.2) is 25.8 Å². The summed E-state index contributed by atoms with van der Waals surface area (Å²) >= 11 is 7.32. The van der Waals surface area contributed by atoms with Crippen molar-refractivity contribution < 1.29 is 9.90 Å². The second-order valence-electron chi connectivity index (χ2n) is 3.73. The lowest BCUT2D eigenvalue weighted by Crippen LogP contribution is -2.02. The zero-order chi connectivity index (χ0) is 13.8. The zero-order valence-electron chi connectivity index (χ0n) is 10.2. The van der Waals surface area contributed by atoms with Gasteiger partial charge in [-0.1, -0.05) is 11.6 Å². The van der Waals surface area contributed by atoms with E-state index in [-0.39, 0.29) is 10.6 Å². The van der Waals surface area contributed by atoms with Gasteiger partial charge in [-0.25, -0.2) is 14.5 Å². The molecule has 2 rings (SSSR count). The normalized spacial score (nSPS) is 10.6. The van der Waals surface area contributed by atoms with Crippen LogP contribution in [0.4, 0.5) is 0 Å². The van der Waals surface area contributed by atoms with Crippen molar-refractivity contribution in [3.05, 3.63) is 40.9 Å². The van der Waals surface area contributed by atoms with Crippen LogP contribution in [0.1, 0.15) is 23.1 Å². The summed E-state index contributed by atoms with van der Waals surface area (Å²) in [5, 5.41) is 13.3. The Kier molecular flexibility index (Phi) is 4.44. The highest BCUT2D eigenvalue weighted by molar-refractivity contribution is 7.98. The lowest BCUT2D eigenvalue weighted by Gasteiger charge is -2.05. The van der Waals surface area contributed by atoms with E-state index in [0.717, 1.165) is 17.3 Å². The van der Waals surface area contributed by atoms with E-state index < -0.39 is 5.97 Å². The summed E-state index contributed by atoms with van der Waals surface area (Å²) in [5.41, 5.74) is 0.114. The quantitative estimate of drug-likeness (QED) is 0.859. The lowest BCUT2D eigenvalue weighted by atomic mass is 10.2. The molecule has 0 radical (unpaired) electrons. The van der Waals surface area contributed by atoms with Gasteiger partial charge in [0.1, 0.15) is 12.2 Å². The fourth-order valence-electron chi connectivity index (χ4n) is 1.57. The molecule has 7 heteroatoms. The second kappa shape index (κ2) is 6.08. The summed E-state index contributed by atoms with van der Waals surface area (Å²) in [6, 6.07) is 4.96. The number of benzene rings is 1. The number of carbonyl (C=O) groups is 1. The second-order valence-corrected chi connectivity index (χ2v) is 5.18. The highest BCUT2D eigenvalue weighted by atomic mass is 35.5. The van der Waals surface area contributed by atoms with E-state index in [1.807, 2.05) is 6.92 Å². The Balaban J connectivity index is 2.12. The Labute approximate surface area is 119 Å². The first-order valence-corrected chi connectivity index (χ1v) is 7.00. The molecule has 0 saturated carbocycles. The van der Waals surface area contributed by atoms with Crippen LogP contribution in [0.25, 0.3) is 0 Å². The topological polar surface area (TPSA) is 68.0 Å². The van der Waals surface area contributed by atoms with E-state index in [0.29, 0.717) is 5.75 Å². The maximum Gasteiger partial charge on any atom is 0.337 e. The third-order valence-corrected chi connectivity index (χ3v) is 3.85.